The van der Waals surface area contributed by atoms with Gasteiger partial charge in [0.1, 0.15) is 0 Å². The number of hydrogen-bond acceptors (Lipinski definition) is 4. The van der Waals surface area contributed by atoms with Gasteiger partial charge in [-0.25, -0.2) is 0 Å². The van der Waals surface area contributed by atoms with Crippen molar-refractivity contribution in [3.8, 4) is 0 Å². The van der Waals surface area contributed by atoms with Crippen LogP contribution in [0.5, 0.6) is 0 Å². The van der Waals surface area contributed by atoms with Crippen molar-refractivity contribution in [1.29, 1.82) is 0 Å². The van der Waals surface area contributed by atoms with Gasteiger partial charge in [-0.2, -0.15) is 0 Å². The Labute approximate surface area is 145 Å². The Morgan fingerprint density at radius 1 is 1.09 bits per heavy atom. The molecule has 1 amide bonds. The van der Waals surface area contributed by atoms with Crippen molar-refractivity contribution in [2.24, 2.45) is 17.1 Å². The minimum Gasteiger partial charge on any atom is -0.381 e. The first kappa shape index (κ1) is 20.0. The highest BCUT2D eigenvalue weighted by Crippen LogP contribution is 2.33. The lowest BCUT2D eigenvalue weighted by molar-refractivity contribution is -0.149. The predicted octanol–water partition coefficient (Wildman–Crippen LogP) is 1.14. The zero-order chi connectivity index (χ0) is 14.0. The van der Waals surface area contributed by atoms with Gasteiger partial charge >= 0.3 is 0 Å². The minimum absolute atomic E-state index is 0. The maximum Gasteiger partial charge on any atom is 0.230 e. The van der Waals surface area contributed by atoms with Crippen LogP contribution in [0.25, 0.3) is 0 Å². The summed E-state index contributed by atoms with van der Waals surface area (Å²) in [6.45, 7) is 6.83. The zero-order valence-corrected chi connectivity index (χ0v) is 14.8. The number of amides is 1. The van der Waals surface area contributed by atoms with Gasteiger partial charge < -0.3 is 15.4 Å². The molecule has 3 fully saturated rings. The summed E-state index contributed by atoms with van der Waals surface area (Å²) >= 11 is 0. The molecule has 0 bridgehead atoms. The monoisotopic (exact) mass is 353 g/mol. The van der Waals surface area contributed by atoms with Crippen LogP contribution in [-0.2, 0) is 9.53 Å². The molecular weight excluding hydrogens is 325 g/mol. The average Bonchev–Trinajstić information content (AvgIpc) is 3.32. The van der Waals surface area contributed by atoms with E-state index in [0.29, 0.717) is 19.8 Å². The number of nitrogens with zero attached hydrogens (tertiary/aromatic N) is 2. The normalized spacial score (nSPS) is 25.0. The van der Waals surface area contributed by atoms with Gasteiger partial charge in [-0.1, -0.05) is 0 Å². The van der Waals surface area contributed by atoms with E-state index in [1.54, 1.807) is 0 Å². The topological polar surface area (TPSA) is 58.8 Å². The fourth-order valence-electron chi connectivity index (χ4n) is 3.40. The summed E-state index contributed by atoms with van der Waals surface area (Å²) in [7, 11) is 0. The number of hydrogen-bond donors (Lipinski definition) is 1. The van der Waals surface area contributed by atoms with Gasteiger partial charge in [0.05, 0.1) is 5.41 Å². The second kappa shape index (κ2) is 8.69. The molecular formula is C15H29Cl2N3O2. The number of nitrogens with two attached hydrogens (primary N) is 1. The van der Waals surface area contributed by atoms with Crippen molar-refractivity contribution in [3.63, 3.8) is 0 Å². The van der Waals surface area contributed by atoms with Crippen LogP contribution < -0.4 is 5.73 Å². The Morgan fingerprint density at radius 3 is 2.18 bits per heavy atom. The molecule has 0 spiro atoms. The Kier molecular flexibility index (Phi) is 7.89. The fourth-order valence-corrected chi connectivity index (χ4v) is 3.40. The van der Waals surface area contributed by atoms with E-state index in [2.05, 4.69) is 4.90 Å². The Balaban J connectivity index is 0.00000121. The molecule has 3 rings (SSSR count). The molecule has 1 aliphatic carbocycles. The Hall–Kier alpha value is -0.0700. The van der Waals surface area contributed by atoms with Crippen molar-refractivity contribution >= 4 is 30.7 Å². The summed E-state index contributed by atoms with van der Waals surface area (Å²) in [5.41, 5.74) is 5.58. The van der Waals surface area contributed by atoms with Crippen LogP contribution in [0.15, 0.2) is 0 Å². The maximum atomic E-state index is 12.8. The van der Waals surface area contributed by atoms with Gasteiger partial charge in [0.2, 0.25) is 5.91 Å². The first-order valence-corrected chi connectivity index (χ1v) is 8.03. The van der Waals surface area contributed by atoms with Crippen LogP contribution in [0.2, 0.25) is 0 Å². The second-order valence-electron chi connectivity index (χ2n) is 6.63. The quantitative estimate of drug-likeness (QED) is 0.823. The summed E-state index contributed by atoms with van der Waals surface area (Å²) in [5, 5.41) is 0. The molecule has 0 atom stereocenters. The largest absolute Gasteiger partial charge is 0.381 e. The third-order valence-corrected chi connectivity index (χ3v) is 5.17. The predicted molar refractivity (Wildman–Crippen MR) is 91.8 cm³/mol. The molecule has 0 aromatic rings. The Bertz CT molecular complexity index is 353. The molecule has 130 valence electrons. The lowest BCUT2D eigenvalue weighted by atomic mass is 9.78. The van der Waals surface area contributed by atoms with Gasteiger partial charge in [-0.05, 0) is 31.6 Å². The molecule has 3 aliphatic rings. The molecule has 22 heavy (non-hydrogen) atoms. The van der Waals surface area contributed by atoms with E-state index in [0.717, 1.165) is 44.9 Å². The third-order valence-electron chi connectivity index (χ3n) is 5.17. The van der Waals surface area contributed by atoms with E-state index >= 15 is 0 Å². The van der Waals surface area contributed by atoms with E-state index < -0.39 is 0 Å². The third kappa shape index (κ3) is 4.48. The van der Waals surface area contributed by atoms with Crippen LogP contribution in [0.1, 0.15) is 25.7 Å². The standard InChI is InChI=1S/C15H27N3O2.2ClH/c16-12-15(3-9-20-10-4-15)14(19)18-7-5-17(6-8-18)11-13-1-2-13;;/h13H,1-12,16H2;2*1H. The van der Waals surface area contributed by atoms with Crippen molar-refractivity contribution < 1.29 is 9.53 Å². The van der Waals surface area contributed by atoms with E-state index in [1.165, 1.54) is 19.4 Å². The number of rotatable bonds is 4. The number of halogens is 2. The van der Waals surface area contributed by atoms with Gasteiger partial charge in [-0.15, -0.1) is 24.8 Å². The maximum absolute atomic E-state index is 12.8. The number of ether oxygens (including phenoxy) is 1. The van der Waals surface area contributed by atoms with Crippen LogP contribution in [0.4, 0.5) is 0 Å². The molecule has 2 aliphatic heterocycles. The summed E-state index contributed by atoms with van der Waals surface area (Å²) in [6.07, 6.45) is 4.36. The molecule has 0 aromatic heterocycles. The highest BCUT2D eigenvalue weighted by atomic mass is 35.5. The molecule has 0 radical (unpaired) electrons. The molecule has 0 unspecified atom stereocenters. The minimum atomic E-state index is -0.350. The number of carbonyl (C=O) groups is 1. The van der Waals surface area contributed by atoms with Gasteiger partial charge in [-0.3, -0.25) is 9.69 Å². The van der Waals surface area contributed by atoms with Crippen LogP contribution in [0, 0.1) is 11.3 Å². The first-order chi connectivity index (χ1) is 9.73. The van der Waals surface area contributed by atoms with Crippen molar-refractivity contribution in [3.05, 3.63) is 0 Å². The van der Waals surface area contributed by atoms with Crippen LogP contribution in [-0.4, -0.2) is 68.2 Å². The average molecular weight is 354 g/mol. The number of piperazine rings is 1. The summed E-state index contributed by atoms with van der Waals surface area (Å²) in [4.78, 5) is 17.4. The van der Waals surface area contributed by atoms with E-state index in [9.17, 15) is 4.79 Å². The SMILES string of the molecule is Cl.Cl.NCC1(C(=O)N2CCN(CC3CC3)CC2)CCOCC1. The summed E-state index contributed by atoms with van der Waals surface area (Å²) in [6, 6.07) is 0. The molecule has 0 aromatic carbocycles. The molecule has 5 nitrogen and oxygen atoms in total. The van der Waals surface area contributed by atoms with Gasteiger partial charge in [0.15, 0.2) is 0 Å². The van der Waals surface area contributed by atoms with E-state index in [4.69, 9.17) is 10.5 Å². The van der Waals surface area contributed by atoms with Crippen LogP contribution in [0.3, 0.4) is 0 Å². The molecule has 2 heterocycles. The van der Waals surface area contributed by atoms with E-state index in [1.807, 2.05) is 4.90 Å². The van der Waals surface area contributed by atoms with Crippen LogP contribution >= 0.6 is 24.8 Å². The highest BCUT2D eigenvalue weighted by molar-refractivity contribution is 5.85. The molecule has 7 heteroatoms. The second-order valence-corrected chi connectivity index (χ2v) is 6.63. The fraction of sp³-hybridized carbons (Fsp3) is 0.933. The first-order valence-electron chi connectivity index (χ1n) is 8.03. The number of carbonyl (C=O) groups excluding carboxylic acids is 1. The Morgan fingerprint density at radius 2 is 1.68 bits per heavy atom. The van der Waals surface area contributed by atoms with Gasteiger partial charge in [0.25, 0.3) is 0 Å². The summed E-state index contributed by atoms with van der Waals surface area (Å²) < 4.78 is 5.40. The smallest absolute Gasteiger partial charge is 0.230 e. The van der Waals surface area contributed by atoms with Crippen molar-refractivity contribution in [2.45, 2.75) is 25.7 Å². The molecule has 2 N–H and O–H groups in total. The molecule has 1 saturated carbocycles. The van der Waals surface area contributed by atoms with E-state index in [-0.39, 0.29) is 36.1 Å². The molecule has 2 saturated heterocycles. The van der Waals surface area contributed by atoms with Crippen molar-refractivity contribution in [2.75, 3.05) is 52.5 Å². The zero-order valence-electron chi connectivity index (χ0n) is 13.2. The van der Waals surface area contributed by atoms with Crippen molar-refractivity contribution in [1.82, 2.24) is 9.80 Å². The lowest BCUT2D eigenvalue weighted by Crippen LogP contribution is -2.56. The van der Waals surface area contributed by atoms with Gasteiger partial charge in [0, 0.05) is 52.5 Å². The lowest BCUT2D eigenvalue weighted by Gasteiger charge is -2.42. The summed E-state index contributed by atoms with van der Waals surface area (Å²) in [5.74, 6) is 1.21. The highest BCUT2D eigenvalue weighted by Gasteiger charge is 2.42.